The predicted octanol–water partition coefficient (Wildman–Crippen LogP) is 2.95. The molecule has 0 radical (unpaired) electrons. The Morgan fingerprint density at radius 3 is 2.59 bits per heavy atom. The molecule has 0 amide bonds. The van der Waals surface area contributed by atoms with Gasteiger partial charge < -0.3 is 23.2 Å². The van der Waals surface area contributed by atoms with Crippen LogP contribution in [0.2, 0.25) is 0 Å². The van der Waals surface area contributed by atoms with Gasteiger partial charge in [0, 0.05) is 53.5 Å². The summed E-state index contributed by atoms with van der Waals surface area (Å²) in [5, 5.41) is 0. The molecule has 0 saturated carbocycles. The maximum atomic E-state index is 12.9. The largest absolute Gasteiger partial charge is 0.486 e. The van der Waals surface area contributed by atoms with Crippen molar-refractivity contribution >= 4 is 17.4 Å². The van der Waals surface area contributed by atoms with E-state index in [0.717, 1.165) is 17.1 Å². The maximum Gasteiger partial charge on any atom is 0.361 e. The van der Waals surface area contributed by atoms with E-state index in [1.807, 2.05) is 36.6 Å². The number of benzene rings is 1. The summed E-state index contributed by atoms with van der Waals surface area (Å²) in [7, 11) is 0. The number of aryl methyl sites for hydroxylation is 1. The summed E-state index contributed by atoms with van der Waals surface area (Å²) in [6.45, 7) is 4.39. The number of rotatable bonds is 5. The Kier molecular flexibility index (Phi) is 4.85. The molecule has 1 aliphatic rings. The second-order valence-electron chi connectivity index (χ2n) is 7.38. The zero-order valence-electron chi connectivity index (χ0n) is 17.6. The fraction of sp³-hybridized carbons (Fsp3) is 0.217. The average Bonchev–Trinajstić information content (AvgIpc) is 3.40. The maximum absolute atomic E-state index is 12.9. The molecule has 162 valence electrons. The average molecular weight is 432 g/mol. The highest BCUT2D eigenvalue weighted by atomic mass is 16.6. The normalized spacial score (nSPS) is 12.7. The van der Waals surface area contributed by atoms with Crippen molar-refractivity contribution in [1.29, 1.82) is 0 Å². The van der Waals surface area contributed by atoms with E-state index in [1.165, 1.54) is 6.20 Å². The van der Waals surface area contributed by atoms with Gasteiger partial charge >= 0.3 is 5.97 Å². The number of carbonyl (C=O) groups is 2. The van der Waals surface area contributed by atoms with Gasteiger partial charge in [-0.2, -0.15) is 0 Å². The standard InChI is InChI=1S/C23H20N4O5/c1-14-11-17(15(2)27(14)16-3-4-19-20(12-16)31-10-9-30-19)18(28)13-32-23(29)21-22-25-6-8-26(22)7-5-24-21/h3-8,11-12H,9-10,13H2,1-2H3. The van der Waals surface area contributed by atoms with E-state index >= 15 is 0 Å². The molecule has 1 aromatic carbocycles. The van der Waals surface area contributed by atoms with E-state index in [9.17, 15) is 9.59 Å². The van der Waals surface area contributed by atoms with E-state index in [0.29, 0.717) is 35.9 Å². The lowest BCUT2D eigenvalue weighted by atomic mass is 10.1. The molecule has 5 rings (SSSR count). The number of carbonyl (C=O) groups excluding carboxylic acids is 2. The molecule has 0 atom stereocenters. The summed E-state index contributed by atoms with van der Waals surface area (Å²) in [5.41, 5.74) is 3.40. The SMILES string of the molecule is Cc1cc(C(=O)COC(=O)c2nccn3ccnc23)c(C)n1-c1ccc2c(c1)OCCO2. The molecule has 0 unspecified atom stereocenters. The molecule has 4 heterocycles. The first kappa shape index (κ1) is 19.8. The zero-order chi connectivity index (χ0) is 22.2. The molecular formula is C23H20N4O5. The molecule has 0 bridgehead atoms. The van der Waals surface area contributed by atoms with Crippen molar-refractivity contribution in [3.63, 3.8) is 0 Å². The second-order valence-corrected chi connectivity index (χ2v) is 7.38. The molecular weight excluding hydrogens is 412 g/mol. The number of esters is 1. The minimum atomic E-state index is -0.698. The van der Waals surface area contributed by atoms with Crippen LogP contribution in [-0.4, -0.2) is 50.5 Å². The minimum Gasteiger partial charge on any atom is -0.486 e. The first-order valence-corrected chi connectivity index (χ1v) is 10.1. The Morgan fingerprint density at radius 2 is 1.78 bits per heavy atom. The van der Waals surface area contributed by atoms with Gasteiger partial charge in [0.1, 0.15) is 13.2 Å². The Morgan fingerprint density at radius 1 is 1.03 bits per heavy atom. The summed E-state index contributed by atoms with van der Waals surface area (Å²) >= 11 is 0. The molecule has 0 fully saturated rings. The molecule has 0 aliphatic carbocycles. The van der Waals surface area contributed by atoms with Gasteiger partial charge in [-0.1, -0.05) is 0 Å². The molecule has 4 aromatic rings. The summed E-state index contributed by atoms with van der Waals surface area (Å²) < 4.78 is 20.1. The highest BCUT2D eigenvalue weighted by Gasteiger charge is 2.21. The molecule has 9 heteroatoms. The number of imidazole rings is 1. The third kappa shape index (κ3) is 3.37. The van der Waals surface area contributed by atoms with Crippen LogP contribution in [0.5, 0.6) is 11.5 Å². The Hall–Kier alpha value is -4.14. The van der Waals surface area contributed by atoms with Crippen molar-refractivity contribution in [2.75, 3.05) is 19.8 Å². The van der Waals surface area contributed by atoms with Gasteiger partial charge in [-0.3, -0.25) is 4.79 Å². The highest BCUT2D eigenvalue weighted by molar-refractivity contribution is 6.01. The third-order valence-corrected chi connectivity index (χ3v) is 5.35. The van der Waals surface area contributed by atoms with Crippen LogP contribution in [0.25, 0.3) is 11.3 Å². The van der Waals surface area contributed by atoms with Gasteiger partial charge in [0.15, 0.2) is 29.4 Å². The lowest BCUT2D eigenvalue weighted by Crippen LogP contribution is -2.17. The number of hydrogen-bond acceptors (Lipinski definition) is 7. The van der Waals surface area contributed by atoms with Crippen molar-refractivity contribution in [1.82, 2.24) is 18.9 Å². The van der Waals surface area contributed by atoms with Gasteiger partial charge in [-0.25, -0.2) is 14.8 Å². The van der Waals surface area contributed by atoms with E-state index in [1.54, 1.807) is 29.1 Å². The number of nitrogens with zero attached hydrogens (tertiary/aromatic N) is 4. The van der Waals surface area contributed by atoms with Crippen LogP contribution in [-0.2, 0) is 4.74 Å². The zero-order valence-corrected chi connectivity index (χ0v) is 17.6. The number of Topliss-reactive ketones (excluding diaryl/α,β-unsaturated/α-hetero) is 1. The molecule has 0 spiro atoms. The molecule has 1 aliphatic heterocycles. The monoisotopic (exact) mass is 432 g/mol. The number of aromatic nitrogens is 4. The van der Waals surface area contributed by atoms with Crippen LogP contribution < -0.4 is 9.47 Å². The van der Waals surface area contributed by atoms with Gasteiger partial charge in [0.2, 0.25) is 5.78 Å². The van der Waals surface area contributed by atoms with Gasteiger partial charge in [-0.05, 0) is 32.0 Å². The molecule has 9 nitrogen and oxygen atoms in total. The first-order chi connectivity index (χ1) is 15.5. The Bertz CT molecular complexity index is 1350. The lowest BCUT2D eigenvalue weighted by Gasteiger charge is -2.20. The van der Waals surface area contributed by atoms with E-state index in [2.05, 4.69) is 9.97 Å². The van der Waals surface area contributed by atoms with Gasteiger partial charge in [-0.15, -0.1) is 0 Å². The number of fused-ring (bicyclic) bond motifs is 2. The first-order valence-electron chi connectivity index (χ1n) is 10.1. The fourth-order valence-corrected chi connectivity index (χ4v) is 3.89. The molecule has 0 N–H and O–H groups in total. The fourth-order valence-electron chi connectivity index (χ4n) is 3.89. The minimum absolute atomic E-state index is 0.0621. The van der Waals surface area contributed by atoms with Crippen LogP contribution in [0.3, 0.4) is 0 Å². The Labute approximate surface area is 183 Å². The lowest BCUT2D eigenvalue weighted by molar-refractivity contribution is 0.0470. The highest BCUT2D eigenvalue weighted by Crippen LogP contribution is 2.33. The van der Waals surface area contributed by atoms with Gasteiger partial charge in [0.25, 0.3) is 0 Å². The molecule has 0 saturated heterocycles. The van der Waals surface area contributed by atoms with E-state index < -0.39 is 12.6 Å². The third-order valence-electron chi connectivity index (χ3n) is 5.35. The molecule has 32 heavy (non-hydrogen) atoms. The summed E-state index contributed by atoms with van der Waals surface area (Å²) in [5.74, 6) is 0.372. The van der Waals surface area contributed by atoms with Crippen LogP contribution in [0.15, 0.2) is 49.1 Å². The van der Waals surface area contributed by atoms with Crippen molar-refractivity contribution in [2.24, 2.45) is 0 Å². The van der Waals surface area contributed by atoms with Crippen molar-refractivity contribution < 1.29 is 23.8 Å². The van der Waals surface area contributed by atoms with Crippen LogP contribution >= 0.6 is 0 Å². The van der Waals surface area contributed by atoms with Crippen LogP contribution in [0.4, 0.5) is 0 Å². The quantitative estimate of drug-likeness (QED) is 0.353. The second kappa shape index (κ2) is 7.84. The smallest absolute Gasteiger partial charge is 0.361 e. The summed E-state index contributed by atoms with van der Waals surface area (Å²) in [4.78, 5) is 33.5. The van der Waals surface area contributed by atoms with Crippen molar-refractivity contribution in [3.05, 3.63) is 71.7 Å². The van der Waals surface area contributed by atoms with Crippen LogP contribution in [0, 0.1) is 13.8 Å². The Balaban J connectivity index is 1.36. The molecule has 3 aromatic heterocycles. The summed E-state index contributed by atoms with van der Waals surface area (Å²) in [6, 6.07) is 7.45. The predicted molar refractivity (Wildman–Crippen MR) is 114 cm³/mol. The van der Waals surface area contributed by atoms with E-state index in [-0.39, 0.29) is 11.5 Å². The number of hydrogen-bond donors (Lipinski definition) is 0. The number of ketones is 1. The van der Waals surface area contributed by atoms with Crippen molar-refractivity contribution in [3.8, 4) is 17.2 Å². The van der Waals surface area contributed by atoms with Crippen molar-refractivity contribution in [2.45, 2.75) is 13.8 Å². The van der Waals surface area contributed by atoms with E-state index in [4.69, 9.17) is 14.2 Å². The topological polar surface area (TPSA) is 97.0 Å². The number of ether oxygens (including phenoxy) is 3. The van der Waals surface area contributed by atoms with Gasteiger partial charge in [0.05, 0.1) is 0 Å². The van der Waals surface area contributed by atoms with Crippen LogP contribution in [0.1, 0.15) is 32.2 Å². The summed E-state index contributed by atoms with van der Waals surface area (Å²) in [6.07, 6.45) is 6.42.